The summed E-state index contributed by atoms with van der Waals surface area (Å²) in [4.78, 5) is 8.11. The highest BCUT2D eigenvalue weighted by Gasteiger charge is 2.17. The van der Waals surface area contributed by atoms with Gasteiger partial charge in [0, 0.05) is 31.4 Å². The van der Waals surface area contributed by atoms with Crippen LogP contribution in [0.2, 0.25) is 0 Å². The van der Waals surface area contributed by atoms with Gasteiger partial charge in [0.15, 0.2) is 0 Å². The third-order valence-electron chi connectivity index (χ3n) is 3.04. The molecule has 24 heavy (non-hydrogen) atoms. The Hall–Kier alpha value is -2.26. The molecule has 2 rings (SSSR count). The lowest BCUT2D eigenvalue weighted by Crippen LogP contribution is -2.29. The highest BCUT2D eigenvalue weighted by atomic mass is 32.2. The van der Waals surface area contributed by atoms with E-state index in [0.717, 1.165) is 18.3 Å². The van der Waals surface area contributed by atoms with Gasteiger partial charge < -0.3 is 10.6 Å². The van der Waals surface area contributed by atoms with Gasteiger partial charge in [0.2, 0.25) is 16.0 Å². The number of benzene rings is 1. The van der Waals surface area contributed by atoms with Gasteiger partial charge in [-0.15, -0.1) is 0 Å². The molecule has 0 saturated heterocycles. The number of anilines is 2. The second-order valence-corrected chi connectivity index (χ2v) is 6.74. The number of rotatable bonds is 8. The quantitative estimate of drug-likeness (QED) is 0.626. The second kappa shape index (κ2) is 8.02. The van der Waals surface area contributed by atoms with Crippen molar-refractivity contribution in [1.29, 1.82) is 0 Å². The molecule has 0 bridgehead atoms. The third kappa shape index (κ3) is 4.87. The molecular weight excluding hydrogens is 333 g/mol. The van der Waals surface area contributed by atoms with Crippen LogP contribution in [-0.4, -0.2) is 38.0 Å². The van der Waals surface area contributed by atoms with Gasteiger partial charge in [-0.1, -0.05) is 12.1 Å². The van der Waals surface area contributed by atoms with E-state index < -0.39 is 15.8 Å². The fourth-order valence-electron chi connectivity index (χ4n) is 2.02. The Bertz CT molecular complexity index is 798. The summed E-state index contributed by atoms with van der Waals surface area (Å²) in [6.45, 7) is 4.88. The first-order valence-corrected chi connectivity index (χ1v) is 8.98. The van der Waals surface area contributed by atoms with Crippen LogP contribution < -0.4 is 15.4 Å². The lowest BCUT2D eigenvalue weighted by molar-refractivity contribution is 0.558. The minimum Gasteiger partial charge on any atom is -0.370 e. The first-order valence-electron chi connectivity index (χ1n) is 7.50. The topological polar surface area (TPSA) is 96.0 Å². The highest BCUT2D eigenvalue weighted by molar-refractivity contribution is 7.89. The van der Waals surface area contributed by atoms with Crippen LogP contribution in [0, 0.1) is 12.7 Å². The van der Waals surface area contributed by atoms with Crippen LogP contribution in [0.5, 0.6) is 0 Å². The molecular formula is C15H20FN5O2S. The summed E-state index contributed by atoms with van der Waals surface area (Å²) in [5.74, 6) is 0.311. The van der Waals surface area contributed by atoms with Crippen molar-refractivity contribution in [2.75, 3.05) is 30.3 Å². The standard InChI is InChI=1S/C15H20FN5O2S/c1-3-17-14-10-11(2)20-15(21-14)18-8-9-19-24(22,23)13-7-5-4-6-12(13)16/h4-7,10,19H,3,8-9H2,1-2H3,(H2,17,18,20,21). The minimum atomic E-state index is -3.89. The summed E-state index contributed by atoms with van der Waals surface area (Å²) >= 11 is 0. The Morgan fingerprint density at radius 3 is 2.58 bits per heavy atom. The zero-order chi connectivity index (χ0) is 17.6. The molecule has 0 aliphatic heterocycles. The van der Waals surface area contributed by atoms with E-state index in [2.05, 4.69) is 25.3 Å². The van der Waals surface area contributed by atoms with Crippen molar-refractivity contribution >= 4 is 21.8 Å². The summed E-state index contributed by atoms with van der Waals surface area (Å²) in [7, 11) is -3.89. The van der Waals surface area contributed by atoms with Crippen molar-refractivity contribution in [3.8, 4) is 0 Å². The van der Waals surface area contributed by atoms with Crippen molar-refractivity contribution in [2.24, 2.45) is 0 Å². The Kier molecular flexibility index (Phi) is 6.04. The molecule has 2 aromatic rings. The zero-order valence-corrected chi connectivity index (χ0v) is 14.3. The third-order valence-corrected chi connectivity index (χ3v) is 4.53. The van der Waals surface area contributed by atoms with Gasteiger partial charge in [0.25, 0.3) is 0 Å². The van der Waals surface area contributed by atoms with Crippen LogP contribution >= 0.6 is 0 Å². The van der Waals surface area contributed by atoms with Crippen LogP contribution in [0.15, 0.2) is 35.2 Å². The largest absolute Gasteiger partial charge is 0.370 e. The molecule has 0 fully saturated rings. The van der Waals surface area contributed by atoms with Gasteiger partial charge in [-0.05, 0) is 26.0 Å². The zero-order valence-electron chi connectivity index (χ0n) is 13.5. The summed E-state index contributed by atoms with van der Waals surface area (Å²) in [5.41, 5.74) is 0.787. The molecule has 0 aliphatic rings. The highest BCUT2D eigenvalue weighted by Crippen LogP contribution is 2.13. The molecule has 0 saturated carbocycles. The maximum absolute atomic E-state index is 13.6. The van der Waals surface area contributed by atoms with Crippen molar-refractivity contribution in [3.63, 3.8) is 0 Å². The maximum atomic E-state index is 13.6. The van der Waals surface area contributed by atoms with Crippen molar-refractivity contribution in [1.82, 2.24) is 14.7 Å². The van der Waals surface area contributed by atoms with Crippen molar-refractivity contribution in [2.45, 2.75) is 18.7 Å². The average molecular weight is 353 g/mol. The summed E-state index contributed by atoms with van der Waals surface area (Å²) < 4.78 is 40.0. The SMILES string of the molecule is CCNc1cc(C)nc(NCCNS(=O)(=O)c2ccccc2F)n1. The molecule has 9 heteroatoms. The van der Waals surface area contributed by atoms with E-state index in [1.54, 1.807) is 0 Å². The molecule has 1 heterocycles. The number of hydrogen-bond donors (Lipinski definition) is 3. The number of sulfonamides is 1. The lowest BCUT2D eigenvalue weighted by Gasteiger charge is -2.10. The van der Waals surface area contributed by atoms with Gasteiger partial charge in [0.05, 0.1) is 0 Å². The number of halogens is 1. The number of nitrogens with zero attached hydrogens (tertiary/aromatic N) is 2. The molecule has 0 unspecified atom stereocenters. The predicted molar refractivity (Wildman–Crippen MR) is 91.0 cm³/mol. The number of hydrogen-bond acceptors (Lipinski definition) is 6. The first-order chi connectivity index (χ1) is 11.4. The van der Waals surface area contributed by atoms with Crippen LogP contribution in [0.4, 0.5) is 16.2 Å². The van der Waals surface area contributed by atoms with Gasteiger partial charge >= 0.3 is 0 Å². The molecule has 0 atom stereocenters. The minimum absolute atomic E-state index is 0.0739. The Morgan fingerprint density at radius 1 is 1.12 bits per heavy atom. The number of aryl methyl sites for hydroxylation is 1. The molecule has 130 valence electrons. The van der Waals surface area contributed by atoms with E-state index in [9.17, 15) is 12.8 Å². The van der Waals surface area contributed by atoms with E-state index in [1.807, 2.05) is 19.9 Å². The predicted octanol–water partition coefficient (Wildman–Crippen LogP) is 1.75. The first kappa shape index (κ1) is 18.1. The van der Waals surface area contributed by atoms with Gasteiger partial charge in [-0.3, -0.25) is 0 Å². The molecule has 3 N–H and O–H groups in total. The van der Waals surface area contributed by atoms with E-state index in [0.29, 0.717) is 11.8 Å². The van der Waals surface area contributed by atoms with Crippen molar-refractivity contribution < 1.29 is 12.8 Å². The van der Waals surface area contributed by atoms with E-state index in [4.69, 9.17) is 0 Å². The van der Waals surface area contributed by atoms with E-state index in [1.165, 1.54) is 18.2 Å². The normalized spacial score (nSPS) is 11.3. The van der Waals surface area contributed by atoms with Gasteiger partial charge in [0.1, 0.15) is 16.5 Å². The smallest absolute Gasteiger partial charge is 0.243 e. The summed E-state index contributed by atoms with van der Waals surface area (Å²) in [6, 6.07) is 7.05. The van der Waals surface area contributed by atoms with Crippen LogP contribution in [0.1, 0.15) is 12.6 Å². The Morgan fingerprint density at radius 2 is 1.88 bits per heavy atom. The monoisotopic (exact) mass is 353 g/mol. The average Bonchev–Trinajstić information content (AvgIpc) is 2.52. The summed E-state index contributed by atoms with van der Waals surface area (Å²) in [6.07, 6.45) is 0. The molecule has 0 amide bonds. The molecule has 0 spiro atoms. The van der Waals surface area contributed by atoms with Gasteiger partial charge in [-0.25, -0.2) is 22.5 Å². The molecule has 1 aromatic heterocycles. The molecule has 1 aromatic carbocycles. The number of aromatic nitrogens is 2. The Labute approximate surface area is 140 Å². The van der Waals surface area contributed by atoms with Crippen molar-refractivity contribution in [3.05, 3.63) is 41.8 Å². The lowest BCUT2D eigenvalue weighted by atomic mass is 10.4. The molecule has 7 nitrogen and oxygen atoms in total. The fourth-order valence-corrected chi connectivity index (χ4v) is 3.13. The molecule has 0 radical (unpaired) electrons. The van der Waals surface area contributed by atoms with Crippen LogP contribution in [0.3, 0.4) is 0 Å². The second-order valence-electron chi connectivity index (χ2n) is 5.00. The van der Waals surface area contributed by atoms with E-state index >= 15 is 0 Å². The summed E-state index contributed by atoms with van der Waals surface area (Å²) in [5, 5.41) is 6.03. The number of nitrogens with one attached hydrogen (secondary N) is 3. The van der Waals surface area contributed by atoms with E-state index in [-0.39, 0.29) is 18.0 Å². The maximum Gasteiger partial charge on any atom is 0.243 e. The van der Waals surface area contributed by atoms with Gasteiger partial charge in [-0.2, -0.15) is 4.98 Å². The fraction of sp³-hybridized carbons (Fsp3) is 0.333. The molecule has 0 aliphatic carbocycles. The Balaban J connectivity index is 1.92. The van der Waals surface area contributed by atoms with Crippen LogP contribution in [-0.2, 0) is 10.0 Å². The van der Waals surface area contributed by atoms with Crippen LogP contribution in [0.25, 0.3) is 0 Å².